The molecule has 272 valence electrons. The quantitative estimate of drug-likeness (QED) is 0.108. The predicted octanol–water partition coefficient (Wildman–Crippen LogP) is 11.0. The maximum Gasteiger partial charge on any atom is 0.303 e. The van der Waals surface area contributed by atoms with E-state index in [2.05, 4.69) is 161 Å². The van der Waals surface area contributed by atoms with Gasteiger partial charge in [0.2, 0.25) is 0 Å². The number of aliphatic carboxylic acids is 1. The summed E-state index contributed by atoms with van der Waals surface area (Å²) in [4.78, 5) is 15.9. The highest BCUT2D eigenvalue weighted by atomic mass is 16.4. The average molecular weight is 703 g/mol. The van der Waals surface area contributed by atoms with Crippen LogP contribution in [0.4, 0.5) is 34.1 Å². The average Bonchev–Trinajstić information content (AvgIpc) is 3.11. The summed E-state index contributed by atoms with van der Waals surface area (Å²) in [6.07, 6.45) is 7.66. The van der Waals surface area contributed by atoms with Crippen LogP contribution in [0.3, 0.4) is 0 Å². The van der Waals surface area contributed by atoms with E-state index in [9.17, 15) is 4.79 Å². The lowest BCUT2D eigenvalue weighted by Gasteiger charge is -2.44. The van der Waals surface area contributed by atoms with Crippen LogP contribution in [0.25, 0.3) is 0 Å². The van der Waals surface area contributed by atoms with Gasteiger partial charge in [-0.05, 0) is 124 Å². The second kappa shape index (κ2) is 14.6. The minimum Gasteiger partial charge on any atom is -0.481 e. The minimum atomic E-state index is -0.689. The molecule has 1 N–H and O–H groups in total. The number of hydrogen-bond donors (Lipinski definition) is 1. The molecule has 5 aromatic rings. The van der Waals surface area contributed by atoms with Crippen LogP contribution in [0.5, 0.6) is 0 Å². The maximum absolute atomic E-state index is 10.8. The molecule has 53 heavy (non-hydrogen) atoms. The van der Waals surface area contributed by atoms with Gasteiger partial charge in [-0.2, -0.15) is 0 Å². The molecule has 0 aromatic heterocycles. The minimum absolute atomic E-state index is 0.0153. The molecule has 7 rings (SSSR count). The number of carboxylic acids is 1. The van der Waals surface area contributed by atoms with Crippen molar-refractivity contribution in [3.05, 3.63) is 125 Å². The Morgan fingerprint density at radius 1 is 0.585 bits per heavy atom. The van der Waals surface area contributed by atoms with Gasteiger partial charge in [0.05, 0.1) is 0 Å². The van der Waals surface area contributed by atoms with Gasteiger partial charge < -0.3 is 14.9 Å². The first kappa shape index (κ1) is 36.6. The Balaban J connectivity index is 1.31. The van der Waals surface area contributed by atoms with Crippen LogP contribution in [0.15, 0.2) is 103 Å². The molecular weight excluding hydrogens is 647 g/mol. The van der Waals surface area contributed by atoms with Gasteiger partial charge >= 0.3 is 5.97 Å². The summed E-state index contributed by atoms with van der Waals surface area (Å²) in [5, 5.41) is 8.92. The number of nitrogens with zero attached hydrogens (tertiary/aromatic N) is 2. The van der Waals surface area contributed by atoms with Crippen LogP contribution in [-0.2, 0) is 22.0 Å². The number of carbonyl (C=O) groups is 1. The van der Waals surface area contributed by atoms with Gasteiger partial charge in [-0.3, -0.25) is 4.79 Å². The number of unbranched alkanes of at least 4 members (excludes halogenated alkanes) is 5. The third-order valence-electron chi connectivity index (χ3n) is 11.3. The maximum atomic E-state index is 10.8. The zero-order valence-electron chi connectivity index (χ0n) is 32.8. The second-order valence-electron chi connectivity index (χ2n) is 17.4. The summed E-state index contributed by atoms with van der Waals surface area (Å²) in [5.74, 6) is -0.689. The second-order valence-corrected chi connectivity index (χ2v) is 17.4. The molecule has 4 nitrogen and oxygen atoms in total. The predicted molar refractivity (Wildman–Crippen MR) is 226 cm³/mol. The fourth-order valence-electron chi connectivity index (χ4n) is 8.34. The van der Waals surface area contributed by atoms with Gasteiger partial charge in [0.1, 0.15) is 0 Å². The Bertz CT molecular complexity index is 2120. The van der Waals surface area contributed by atoms with E-state index < -0.39 is 5.97 Å². The zero-order valence-corrected chi connectivity index (χ0v) is 32.8. The van der Waals surface area contributed by atoms with Crippen molar-refractivity contribution in [2.24, 2.45) is 0 Å². The molecule has 0 unspecified atom stereocenters. The van der Waals surface area contributed by atoms with Gasteiger partial charge in [0.15, 0.2) is 0 Å². The van der Waals surface area contributed by atoms with Crippen molar-refractivity contribution in [2.45, 2.75) is 111 Å². The van der Waals surface area contributed by atoms with E-state index in [4.69, 9.17) is 5.11 Å². The first-order chi connectivity index (χ1) is 25.3. The summed E-state index contributed by atoms with van der Waals surface area (Å²) in [5.41, 5.74) is 16.8. The van der Waals surface area contributed by atoms with Crippen LogP contribution in [0.1, 0.15) is 109 Å². The molecule has 0 spiro atoms. The molecule has 0 aliphatic carbocycles. The lowest BCUT2D eigenvalue weighted by molar-refractivity contribution is -0.137. The lowest BCUT2D eigenvalue weighted by atomic mass is 9.33. The number of fused-ring (bicyclic) bond motifs is 4. The van der Waals surface area contributed by atoms with Crippen LogP contribution in [0.2, 0.25) is 0 Å². The van der Waals surface area contributed by atoms with E-state index in [-0.39, 0.29) is 24.0 Å². The van der Waals surface area contributed by atoms with E-state index in [1.165, 1.54) is 79.2 Å². The van der Waals surface area contributed by atoms with E-state index >= 15 is 0 Å². The molecule has 5 aromatic carbocycles. The molecular formula is C48H55BN2O2. The molecule has 0 atom stereocenters. The fourth-order valence-corrected chi connectivity index (χ4v) is 8.34. The van der Waals surface area contributed by atoms with E-state index in [1.807, 2.05) is 0 Å². The summed E-state index contributed by atoms with van der Waals surface area (Å²) in [6.45, 7) is 16.1. The third-order valence-corrected chi connectivity index (χ3v) is 11.3. The third kappa shape index (κ3) is 7.41. The van der Waals surface area contributed by atoms with E-state index in [1.54, 1.807) is 0 Å². The fraction of sp³-hybridized carbons (Fsp3) is 0.354. The van der Waals surface area contributed by atoms with Crippen molar-refractivity contribution in [1.82, 2.24) is 0 Å². The highest BCUT2D eigenvalue weighted by Gasteiger charge is 2.43. The molecule has 2 aliphatic heterocycles. The summed E-state index contributed by atoms with van der Waals surface area (Å²) < 4.78 is 0. The first-order valence-electron chi connectivity index (χ1n) is 19.7. The van der Waals surface area contributed by atoms with Gasteiger partial charge in [0, 0.05) is 40.5 Å². The van der Waals surface area contributed by atoms with Crippen molar-refractivity contribution in [3.63, 3.8) is 0 Å². The van der Waals surface area contributed by atoms with Crippen LogP contribution in [0, 0.1) is 6.92 Å². The standard InChI is InChI=1S/C48H55BN2O2/c1-33-22-28-39-44(30-33)50(37-26-23-35(24-27-37)47(2,3)4)42-19-15-20-43-46(42)49(39)40-32-36(48(5,6)7)25-29-41(40)51(43)38-18-14-17-34(31-38)16-12-10-8-9-11-13-21-45(52)53/h14-15,17-20,22-32H,8-13,16,21H2,1-7H3,(H,52,53). The first-order valence-corrected chi connectivity index (χ1v) is 19.7. The number of hydrogen-bond acceptors (Lipinski definition) is 3. The van der Waals surface area contributed by atoms with Crippen molar-refractivity contribution in [1.29, 1.82) is 0 Å². The number of benzene rings is 5. The summed E-state index contributed by atoms with van der Waals surface area (Å²) in [6, 6.07) is 39.5. The van der Waals surface area contributed by atoms with Crippen LogP contribution in [-0.4, -0.2) is 17.8 Å². The molecule has 0 saturated carbocycles. The van der Waals surface area contributed by atoms with Crippen molar-refractivity contribution in [3.8, 4) is 0 Å². The SMILES string of the molecule is Cc1ccc2c(c1)N(c1ccc(C(C)(C)C)cc1)c1cccc3c1B2c1cc(C(C)(C)C)ccc1N3c1cccc(CCCCCCCCC(=O)O)c1. The molecule has 0 fully saturated rings. The summed E-state index contributed by atoms with van der Waals surface area (Å²) in [7, 11) is 0. The topological polar surface area (TPSA) is 43.8 Å². The Labute approximate surface area is 318 Å². The Kier molecular flexibility index (Phi) is 10.1. The Morgan fingerprint density at radius 2 is 1.21 bits per heavy atom. The van der Waals surface area contributed by atoms with Gasteiger partial charge in [-0.25, -0.2) is 0 Å². The monoisotopic (exact) mass is 702 g/mol. The number of aryl methyl sites for hydroxylation is 2. The highest BCUT2D eigenvalue weighted by molar-refractivity contribution is 7.00. The molecule has 0 saturated heterocycles. The lowest BCUT2D eigenvalue weighted by Crippen LogP contribution is -2.61. The van der Waals surface area contributed by atoms with Gasteiger partial charge in [-0.1, -0.05) is 122 Å². The molecule has 2 heterocycles. The van der Waals surface area contributed by atoms with Crippen molar-refractivity contribution < 1.29 is 9.90 Å². The highest BCUT2D eigenvalue weighted by Crippen LogP contribution is 2.45. The van der Waals surface area contributed by atoms with Gasteiger partial charge in [-0.15, -0.1) is 0 Å². The summed E-state index contributed by atoms with van der Waals surface area (Å²) >= 11 is 0. The Morgan fingerprint density at radius 3 is 1.89 bits per heavy atom. The van der Waals surface area contributed by atoms with E-state index in [0.717, 1.165) is 38.5 Å². The smallest absolute Gasteiger partial charge is 0.303 e. The largest absolute Gasteiger partial charge is 0.481 e. The number of anilines is 6. The molecule has 0 amide bonds. The molecule has 5 heteroatoms. The van der Waals surface area contributed by atoms with Gasteiger partial charge in [0.25, 0.3) is 6.71 Å². The zero-order chi connectivity index (χ0) is 37.5. The molecule has 2 aliphatic rings. The number of rotatable bonds is 11. The van der Waals surface area contributed by atoms with Crippen molar-refractivity contribution >= 4 is 63.2 Å². The van der Waals surface area contributed by atoms with Crippen LogP contribution < -0.4 is 26.2 Å². The Hall–Kier alpha value is -4.77. The van der Waals surface area contributed by atoms with E-state index in [0.29, 0.717) is 0 Å². The molecule has 0 radical (unpaired) electrons. The molecule has 0 bridgehead atoms. The normalized spacial score (nSPS) is 13.5. The number of carboxylic acid groups (broad SMARTS) is 1. The van der Waals surface area contributed by atoms with Crippen molar-refractivity contribution in [2.75, 3.05) is 9.80 Å². The van der Waals surface area contributed by atoms with Crippen LogP contribution >= 0.6 is 0 Å².